The summed E-state index contributed by atoms with van der Waals surface area (Å²) < 4.78 is 24.5. The highest BCUT2D eigenvalue weighted by Crippen LogP contribution is 2.45. The second kappa shape index (κ2) is 10.8. The van der Waals surface area contributed by atoms with Crippen molar-refractivity contribution in [3.63, 3.8) is 0 Å². The zero-order valence-corrected chi connectivity index (χ0v) is 26.8. The van der Waals surface area contributed by atoms with Gasteiger partial charge < -0.3 is 14.7 Å². The number of hydrogen-bond donors (Lipinski definition) is 1. The number of aliphatic imine (C=N–C) groups is 1. The van der Waals surface area contributed by atoms with Crippen molar-refractivity contribution in [1.82, 2.24) is 4.98 Å². The largest absolute Gasteiger partial charge is 0.506 e. The van der Waals surface area contributed by atoms with Crippen LogP contribution in [0.3, 0.4) is 0 Å². The molecule has 4 aromatic carbocycles. The van der Waals surface area contributed by atoms with Crippen LogP contribution in [0.25, 0.3) is 10.9 Å². The van der Waals surface area contributed by atoms with Crippen molar-refractivity contribution in [3.05, 3.63) is 125 Å². The van der Waals surface area contributed by atoms with Crippen LogP contribution < -0.4 is 9.64 Å². The first kappa shape index (κ1) is 26.7. The topological polar surface area (TPSA) is 58.0 Å². The maximum Gasteiger partial charge on any atom is 0.219 e. The minimum atomic E-state index is -1.51. The molecular weight excluding hydrogens is 554 g/mol. The lowest BCUT2D eigenvalue weighted by molar-refractivity contribution is 0.459. The first-order chi connectivity index (χ1) is 22.2. The number of phenolic OH excluding ortho intramolecular Hbond substituents is 1. The van der Waals surface area contributed by atoms with Gasteiger partial charge in [-0.2, -0.15) is 0 Å². The fourth-order valence-corrected chi connectivity index (χ4v) is 6.32. The van der Waals surface area contributed by atoms with Gasteiger partial charge in [-0.25, -0.2) is 4.98 Å². The molecule has 2 heterocycles. The zero-order chi connectivity index (χ0) is 33.3. The normalized spacial score (nSPS) is 19.8. The standard InChI is InChI=1S/C40H41N3O2/c1-39(2,3)28-22-29(40(4,5)6)24-30(23-28)43-33-19-17-25-11-7-8-15-32(25)37(33)42-38(43)27-13-9-14-31(21-27)45-35-20-18-26-12-10-16-34(44)36(26)41-35/h7-16,18,20-24,33,37,44H,17,19H2,1-6H3/t33?,37-/m0/s1/i17D2. The van der Waals surface area contributed by atoms with E-state index in [0.29, 0.717) is 29.1 Å². The number of hydrogen-bond acceptors (Lipinski definition) is 5. The van der Waals surface area contributed by atoms with E-state index in [4.69, 9.17) is 12.5 Å². The van der Waals surface area contributed by atoms with Crippen LogP contribution in [-0.4, -0.2) is 22.0 Å². The molecule has 2 aliphatic rings. The number of amidine groups is 1. The van der Waals surface area contributed by atoms with Crippen LogP contribution in [0.1, 0.15) is 84.6 Å². The Labute approximate surface area is 269 Å². The molecule has 0 spiro atoms. The van der Waals surface area contributed by atoms with E-state index in [9.17, 15) is 5.11 Å². The molecule has 228 valence electrons. The van der Waals surface area contributed by atoms with Gasteiger partial charge in [0.2, 0.25) is 5.88 Å². The highest BCUT2D eigenvalue weighted by molar-refractivity contribution is 6.12. The Kier molecular flexibility index (Phi) is 6.39. The zero-order valence-electron chi connectivity index (χ0n) is 28.8. The number of pyridine rings is 1. The average molecular weight is 598 g/mol. The highest BCUT2D eigenvalue weighted by Gasteiger charge is 2.42. The number of nitrogens with zero attached hydrogens (tertiary/aromatic N) is 3. The summed E-state index contributed by atoms with van der Waals surface area (Å²) in [5.74, 6) is 1.86. The minimum Gasteiger partial charge on any atom is -0.506 e. The molecule has 0 radical (unpaired) electrons. The van der Waals surface area contributed by atoms with Gasteiger partial charge in [-0.05, 0) is 82.3 Å². The quantitative estimate of drug-likeness (QED) is 0.224. The summed E-state index contributed by atoms with van der Waals surface area (Å²) in [6.07, 6.45) is -1.19. The van der Waals surface area contributed by atoms with Gasteiger partial charge in [-0.1, -0.05) is 96.1 Å². The molecule has 0 fully saturated rings. The number of rotatable bonds is 4. The van der Waals surface area contributed by atoms with Gasteiger partial charge in [0.15, 0.2) is 0 Å². The van der Waals surface area contributed by atoms with Gasteiger partial charge in [-0.15, -0.1) is 0 Å². The Balaban J connectivity index is 1.37. The summed E-state index contributed by atoms with van der Waals surface area (Å²) in [5.41, 5.74) is 6.30. The van der Waals surface area contributed by atoms with Gasteiger partial charge in [0.1, 0.15) is 22.9 Å². The van der Waals surface area contributed by atoms with Crippen LogP contribution in [0.15, 0.2) is 102 Å². The Morgan fingerprint density at radius 1 is 0.822 bits per heavy atom. The van der Waals surface area contributed by atoms with Crippen LogP contribution in [0.5, 0.6) is 17.4 Å². The van der Waals surface area contributed by atoms with Crippen molar-refractivity contribution in [2.45, 2.75) is 77.2 Å². The Morgan fingerprint density at radius 2 is 1.56 bits per heavy atom. The molecular formula is C40H41N3O2. The molecule has 5 heteroatoms. The molecule has 5 aromatic rings. The lowest BCUT2D eigenvalue weighted by atomic mass is 9.79. The van der Waals surface area contributed by atoms with Crippen LogP contribution in [0.4, 0.5) is 5.69 Å². The first-order valence-corrected chi connectivity index (χ1v) is 15.7. The second-order valence-electron chi connectivity index (χ2n) is 14.2. The van der Waals surface area contributed by atoms with Gasteiger partial charge in [0.05, 0.1) is 12.1 Å². The van der Waals surface area contributed by atoms with Crippen molar-refractivity contribution >= 4 is 22.4 Å². The lowest BCUT2D eigenvalue weighted by Gasteiger charge is -2.36. The molecule has 1 N–H and O–H groups in total. The van der Waals surface area contributed by atoms with E-state index in [-0.39, 0.29) is 28.7 Å². The van der Waals surface area contributed by atoms with Crippen molar-refractivity contribution < 1.29 is 12.6 Å². The number of aryl methyl sites for hydroxylation is 1. The van der Waals surface area contributed by atoms with Gasteiger partial charge in [0.25, 0.3) is 0 Å². The van der Waals surface area contributed by atoms with E-state index in [2.05, 4.69) is 69.6 Å². The van der Waals surface area contributed by atoms with E-state index in [1.54, 1.807) is 18.2 Å². The molecule has 45 heavy (non-hydrogen) atoms. The van der Waals surface area contributed by atoms with Crippen molar-refractivity contribution in [2.75, 3.05) is 4.90 Å². The number of phenols is 1. The monoisotopic (exact) mass is 597 g/mol. The third kappa shape index (κ3) is 5.45. The minimum absolute atomic E-state index is 0.0880. The number of fused-ring (bicyclic) bond motifs is 4. The molecule has 1 unspecified atom stereocenters. The first-order valence-electron chi connectivity index (χ1n) is 16.7. The van der Waals surface area contributed by atoms with E-state index >= 15 is 0 Å². The Morgan fingerprint density at radius 3 is 2.31 bits per heavy atom. The average Bonchev–Trinajstić information content (AvgIpc) is 3.39. The molecule has 0 saturated carbocycles. The van der Waals surface area contributed by atoms with E-state index < -0.39 is 6.37 Å². The maximum atomic E-state index is 10.4. The summed E-state index contributed by atoms with van der Waals surface area (Å²) in [4.78, 5) is 12.2. The Hall–Kier alpha value is -4.64. The molecule has 1 aliphatic carbocycles. The van der Waals surface area contributed by atoms with Crippen molar-refractivity contribution in [2.24, 2.45) is 4.99 Å². The van der Waals surface area contributed by atoms with Crippen LogP contribution in [0, 0.1) is 0 Å². The lowest BCUT2D eigenvalue weighted by Crippen LogP contribution is -2.40. The van der Waals surface area contributed by atoms with Gasteiger partial charge in [0, 0.05) is 25.4 Å². The predicted octanol–water partition coefficient (Wildman–Crippen LogP) is 9.65. The fraction of sp³-hybridized carbons (Fsp3) is 0.300. The van der Waals surface area contributed by atoms with E-state index in [1.165, 1.54) is 11.1 Å². The number of aromatic hydroxyl groups is 1. The SMILES string of the molecule is [2H]C1([2H])CC2[C@@H](N=C(c3cccc(Oc4ccc5cccc(O)c5n4)c3)N2c2cc(C(C)(C)C)cc(C(C)(C)C)c2)c2ccccc21. The number of ether oxygens (including phenoxy) is 1. The third-order valence-electron chi connectivity index (χ3n) is 8.88. The number of para-hydroxylation sites is 1. The fourth-order valence-electron chi connectivity index (χ4n) is 6.32. The molecule has 1 aliphatic heterocycles. The Bertz CT molecular complexity index is 2010. The van der Waals surface area contributed by atoms with E-state index in [1.807, 2.05) is 60.7 Å². The smallest absolute Gasteiger partial charge is 0.219 e. The molecule has 5 nitrogen and oxygen atoms in total. The molecule has 7 rings (SSSR count). The van der Waals surface area contributed by atoms with Gasteiger partial charge >= 0.3 is 0 Å². The highest BCUT2D eigenvalue weighted by atomic mass is 16.5. The van der Waals surface area contributed by atoms with E-state index in [0.717, 1.165) is 28.0 Å². The maximum absolute atomic E-state index is 10.4. The molecule has 2 atom stereocenters. The second-order valence-corrected chi connectivity index (χ2v) is 14.2. The number of anilines is 1. The van der Waals surface area contributed by atoms with Crippen LogP contribution in [0.2, 0.25) is 0 Å². The summed E-state index contributed by atoms with van der Waals surface area (Å²) in [6, 6.07) is 31.1. The molecule has 0 amide bonds. The molecule has 0 saturated heterocycles. The summed E-state index contributed by atoms with van der Waals surface area (Å²) in [6.45, 7) is 13.4. The number of aromatic nitrogens is 1. The third-order valence-corrected chi connectivity index (χ3v) is 8.88. The summed E-state index contributed by atoms with van der Waals surface area (Å²) >= 11 is 0. The summed E-state index contributed by atoms with van der Waals surface area (Å²) in [7, 11) is 0. The predicted molar refractivity (Wildman–Crippen MR) is 184 cm³/mol. The van der Waals surface area contributed by atoms with Crippen molar-refractivity contribution in [1.29, 1.82) is 0 Å². The van der Waals surface area contributed by atoms with Crippen LogP contribution in [-0.2, 0) is 17.2 Å². The molecule has 1 aromatic heterocycles. The number of benzene rings is 4. The van der Waals surface area contributed by atoms with Crippen LogP contribution >= 0.6 is 0 Å². The van der Waals surface area contributed by atoms with Gasteiger partial charge in [-0.3, -0.25) is 4.99 Å². The molecule has 0 bridgehead atoms. The van der Waals surface area contributed by atoms with Crippen molar-refractivity contribution in [3.8, 4) is 17.4 Å². The summed E-state index contributed by atoms with van der Waals surface area (Å²) in [5, 5.41) is 11.2.